The van der Waals surface area contributed by atoms with E-state index in [9.17, 15) is 4.79 Å². The highest BCUT2D eigenvalue weighted by Gasteiger charge is 2.29. The number of carbonyl (C=O) groups excluding carboxylic acids is 1. The van der Waals surface area contributed by atoms with Gasteiger partial charge in [0.05, 0.1) is 6.54 Å². The first-order valence-corrected chi connectivity index (χ1v) is 8.56. The van der Waals surface area contributed by atoms with Gasteiger partial charge in [-0.1, -0.05) is 12.8 Å². The lowest BCUT2D eigenvalue weighted by molar-refractivity contribution is -0.123. The number of nitrogens with zero attached hydrogens (tertiary/aromatic N) is 1. The van der Waals surface area contributed by atoms with Crippen LogP contribution in [0.5, 0.6) is 0 Å². The number of hydrogen-bond donors (Lipinski definition) is 2. The molecule has 2 unspecified atom stereocenters. The van der Waals surface area contributed by atoms with Gasteiger partial charge >= 0.3 is 0 Å². The third-order valence-electron chi connectivity index (χ3n) is 5.30. The van der Waals surface area contributed by atoms with Crippen molar-refractivity contribution in [3.05, 3.63) is 0 Å². The van der Waals surface area contributed by atoms with Gasteiger partial charge in [0.2, 0.25) is 5.91 Å². The standard InChI is InChI=1S/C16H29N3O/c20-16(18-14-6-1-2-7-14)12-19-10-4-5-13(11-19)15-8-3-9-17-15/h13-15,17H,1-12H2,(H,18,20). The highest BCUT2D eigenvalue weighted by molar-refractivity contribution is 5.78. The Morgan fingerprint density at radius 3 is 2.70 bits per heavy atom. The molecule has 2 aliphatic heterocycles. The van der Waals surface area contributed by atoms with E-state index in [-0.39, 0.29) is 5.91 Å². The van der Waals surface area contributed by atoms with Crippen molar-refractivity contribution in [3.8, 4) is 0 Å². The Labute approximate surface area is 122 Å². The van der Waals surface area contributed by atoms with Gasteiger partial charge < -0.3 is 10.6 Å². The molecule has 0 bridgehead atoms. The number of rotatable bonds is 4. The van der Waals surface area contributed by atoms with Crippen LogP contribution in [0.15, 0.2) is 0 Å². The topological polar surface area (TPSA) is 44.4 Å². The summed E-state index contributed by atoms with van der Waals surface area (Å²) in [7, 11) is 0. The molecule has 1 amide bonds. The SMILES string of the molecule is O=C(CN1CCCC(C2CCCN2)C1)NC1CCCC1. The summed E-state index contributed by atoms with van der Waals surface area (Å²) in [4.78, 5) is 14.5. The molecular formula is C16H29N3O. The minimum Gasteiger partial charge on any atom is -0.352 e. The van der Waals surface area contributed by atoms with E-state index in [1.165, 1.54) is 57.9 Å². The monoisotopic (exact) mass is 279 g/mol. The Hall–Kier alpha value is -0.610. The van der Waals surface area contributed by atoms with Crippen LogP contribution in [0.2, 0.25) is 0 Å². The minimum atomic E-state index is 0.247. The number of likely N-dealkylation sites (tertiary alicyclic amines) is 1. The fourth-order valence-electron chi connectivity index (χ4n) is 4.22. The number of hydrogen-bond acceptors (Lipinski definition) is 3. The molecule has 0 aromatic rings. The maximum atomic E-state index is 12.1. The second kappa shape index (κ2) is 6.90. The largest absolute Gasteiger partial charge is 0.352 e. The molecule has 2 atom stereocenters. The first-order valence-electron chi connectivity index (χ1n) is 8.56. The molecule has 0 radical (unpaired) electrons. The number of nitrogens with one attached hydrogen (secondary N) is 2. The number of amides is 1. The summed E-state index contributed by atoms with van der Waals surface area (Å²) < 4.78 is 0. The lowest BCUT2D eigenvalue weighted by Crippen LogP contribution is -2.48. The van der Waals surface area contributed by atoms with E-state index in [0.717, 1.165) is 19.0 Å². The normalized spacial score (nSPS) is 32.6. The van der Waals surface area contributed by atoms with Gasteiger partial charge in [-0.3, -0.25) is 9.69 Å². The molecule has 0 spiro atoms. The van der Waals surface area contributed by atoms with Gasteiger partial charge in [0, 0.05) is 18.6 Å². The van der Waals surface area contributed by atoms with Crippen LogP contribution in [0, 0.1) is 5.92 Å². The maximum absolute atomic E-state index is 12.1. The van der Waals surface area contributed by atoms with Crippen molar-refractivity contribution in [3.63, 3.8) is 0 Å². The van der Waals surface area contributed by atoms with Crippen LogP contribution in [0.25, 0.3) is 0 Å². The predicted octanol–water partition coefficient (Wildman–Crippen LogP) is 1.51. The lowest BCUT2D eigenvalue weighted by Gasteiger charge is -2.35. The average Bonchev–Trinajstić information content (AvgIpc) is 3.11. The zero-order valence-corrected chi connectivity index (χ0v) is 12.6. The molecule has 2 heterocycles. The van der Waals surface area contributed by atoms with Crippen molar-refractivity contribution in [2.75, 3.05) is 26.2 Å². The molecule has 4 heteroatoms. The maximum Gasteiger partial charge on any atom is 0.234 e. The Balaban J connectivity index is 1.43. The molecular weight excluding hydrogens is 250 g/mol. The molecule has 2 saturated heterocycles. The molecule has 0 aromatic heterocycles. The van der Waals surface area contributed by atoms with Gasteiger partial charge in [0.1, 0.15) is 0 Å². The quantitative estimate of drug-likeness (QED) is 0.820. The van der Waals surface area contributed by atoms with Crippen LogP contribution in [-0.2, 0) is 4.79 Å². The third-order valence-corrected chi connectivity index (χ3v) is 5.30. The second-order valence-electron chi connectivity index (χ2n) is 6.89. The van der Waals surface area contributed by atoms with E-state index < -0.39 is 0 Å². The van der Waals surface area contributed by atoms with Crippen molar-refractivity contribution in [1.82, 2.24) is 15.5 Å². The summed E-state index contributed by atoms with van der Waals surface area (Å²) in [5.41, 5.74) is 0. The van der Waals surface area contributed by atoms with Crippen LogP contribution < -0.4 is 10.6 Å². The summed E-state index contributed by atoms with van der Waals surface area (Å²) in [6.45, 7) is 4.00. The van der Waals surface area contributed by atoms with E-state index in [2.05, 4.69) is 15.5 Å². The Kier molecular flexibility index (Phi) is 4.94. The van der Waals surface area contributed by atoms with Crippen molar-refractivity contribution >= 4 is 5.91 Å². The average molecular weight is 279 g/mol. The van der Waals surface area contributed by atoms with Gasteiger partial charge in [-0.05, 0) is 57.5 Å². The van der Waals surface area contributed by atoms with Crippen LogP contribution in [0.3, 0.4) is 0 Å². The Morgan fingerprint density at radius 1 is 1.10 bits per heavy atom. The van der Waals surface area contributed by atoms with Gasteiger partial charge in [0.15, 0.2) is 0 Å². The molecule has 3 aliphatic rings. The van der Waals surface area contributed by atoms with E-state index in [1.54, 1.807) is 0 Å². The molecule has 3 fully saturated rings. The molecule has 2 N–H and O–H groups in total. The summed E-state index contributed by atoms with van der Waals surface area (Å²) in [5, 5.41) is 6.85. The Morgan fingerprint density at radius 2 is 1.95 bits per heavy atom. The van der Waals surface area contributed by atoms with Crippen molar-refractivity contribution in [2.24, 2.45) is 5.92 Å². The highest BCUT2D eigenvalue weighted by atomic mass is 16.2. The molecule has 114 valence electrons. The van der Waals surface area contributed by atoms with Gasteiger partial charge in [0.25, 0.3) is 0 Å². The zero-order chi connectivity index (χ0) is 13.8. The van der Waals surface area contributed by atoms with Gasteiger partial charge in [-0.25, -0.2) is 0 Å². The molecule has 1 saturated carbocycles. The summed E-state index contributed by atoms with van der Waals surface area (Å²) >= 11 is 0. The third kappa shape index (κ3) is 3.73. The molecule has 1 aliphatic carbocycles. The van der Waals surface area contributed by atoms with Crippen molar-refractivity contribution in [1.29, 1.82) is 0 Å². The smallest absolute Gasteiger partial charge is 0.234 e. The van der Waals surface area contributed by atoms with Crippen LogP contribution >= 0.6 is 0 Å². The van der Waals surface area contributed by atoms with Gasteiger partial charge in [-0.15, -0.1) is 0 Å². The fraction of sp³-hybridized carbons (Fsp3) is 0.938. The van der Waals surface area contributed by atoms with Crippen LogP contribution in [0.1, 0.15) is 51.4 Å². The van der Waals surface area contributed by atoms with E-state index >= 15 is 0 Å². The summed E-state index contributed by atoms with van der Waals surface area (Å²) in [5.74, 6) is 1.00. The van der Waals surface area contributed by atoms with E-state index in [1.807, 2.05) is 0 Å². The number of piperidine rings is 1. The molecule has 20 heavy (non-hydrogen) atoms. The lowest BCUT2D eigenvalue weighted by atomic mass is 9.90. The van der Waals surface area contributed by atoms with Crippen LogP contribution in [-0.4, -0.2) is 49.1 Å². The highest BCUT2D eigenvalue weighted by Crippen LogP contribution is 2.24. The van der Waals surface area contributed by atoms with Gasteiger partial charge in [-0.2, -0.15) is 0 Å². The first-order chi connectivity index (χ1) is 9.81. The zero-order valence-electron chi connectivity index (χ0n) is 12.6. The van der Waals surface area contributed by atoms with Crippen molar-refractivity contribution < 1.29 is 4.79 Å². The predicted molar refractivity (Wildman–Crippen MR) is 80.6 cm³/mol. The van der Waals surface area contributed by atoms with E-state index in [0.29, 0.717) is 18.6 Å². The summed E-state index contributed by atoms with van der Waals surface area (Å²) in [6.07, 6.45) is 10.2. The molecule has 4 nitrogen and oxygen atoms in total. The van der Waals surface area contributed by atoms with Crippen molar-refractivity contribution in [2.45, 2.75) is 63.5 Å². The van der Waals surface area contributed by atoms with E-state index in [4.69, 9.17) is 0 Å². The first kappa shape index (κ1) is 14.3. The molecule has 0 aromatic carbocycles. The summed E-state index contributed by atoms with van der Waals surface area (Å²) in [6, 6.07) is 1.16. The second-order valence-corrected chi connectivity index (χ2v) is 6.89. The Bertz CT molecular complexity index is 322. The molecule has 3 rings (SSSR count). The fourth-order valence-corrected chi connectivity index (χ4v) is 4.22. The van der Waals surface area contributed by atoms with Crippen LogP contribution in [0.4, 0.5) is 0 Å². The minimum absolute atomic E-state index is 0.247. The number of carbonyl (C=O) groups is 1.